The topological polar surface area (TPSA) is 74.6 Å². The highest BCUT2D eigenvalue weighted by molar-refractivity contribution is 6.54. The van der Waals surface area contributed by atoms with Crippen LogP contribution in [0.5, 0.6) is 11.5 Å². The van der Waals surface area contributed by atoms with Gasteiger partial charge in [-0.1, -0.05) is 23.2 Å². The van der Waals surface area contributed by atoms with Gasteiger partial charge in [0.05, 0.1) is 10.0 Å². The van der Waals surface area contributed by atoms with Crippen molar-refractivity contribution < 1.29 is 19.8 Å². The van der Waals surface area contributed by atoms with Gasteiger partial charge < -0.3 is 10.2 Å². The number of carbonyl (C=O) groups excluding carboxylic acids is 2. The molecule has 6 heteroatoms. The fourth-order valence-electron chi connectivity index (χ4n) is 1.62. The molecule has 0 aliphatic rings. The van der Waals surface area contributed by atoms with Crippen LogP contribution in [-0.2, 0) is 0 Å². The van der Waals surface area contributed by atoms with Gasteiger partial charge in [0.2, 0.25) is 11.6 Å². The zero-order valence-corrected chi connectivity index (χ0v) is 11.4. The van der Waals surface area contributed by atoms with Crippen LogP contribution >= 0.6 is 23.2 Å². The zero-order valence-electron chi connectivity index (χ0n) is 9.93. The monoisotopic (exact) mass is 310 g/mol. The predicted octanol–water partition coefficient (Wildman–Crippen LogP) is 3.47. The largest absolute Gasteiger partial charge is 0.508 e. The maximum absolute atomic E-state index is 12.1. The second kappa shape index (κ2) is 5.53. The lowest BCUT2D eigenvalue weighted by Gasteiger charge is -2.05. The smallest absolute Gasteiger partial charge is 0.235 e. The Kier molecular flexibility index (Phi) is 3.97. The molecule has 2 aromatic carbocycles. The number of aromatic hydroxyl groups is 2. The lowest BCUT2D eigenvalue weighted by molar-refractivity contribution is 0.0817. The van der Waals surface area contributed by atoms with Crippen LogP contribution in [0.3, 0.4) is 0 Å². The highest BCUT2D eigenvalue weighted by atomic mass is 35.5. The van der Waals surface area contributed by atoms with Crippen LogP contribution in [0, 0.1) is 0 Å². The number of carbonyl (C=O) groups is 2. The van der Waals surface area contributed by atoms with Crippen molar-refractivity contribution in [1.29, 1.82) is 0 Å². The molecule has 20 heavy (non-hydrogen) atoms. The van der Waals surface area contributed by atoms with Crippen LogP contribution in [0.4, 0.5) is 0 Å². The number of hydrogen-bond donors (Lipinski definition) is 2. The van der Waals surface area contributed by atoms with Crippen molar-refractivity contribution in [2.24, 2.45) is 0 Å². The predicted molar refractivity (Wildman–Crippen MR) is 74.9 cm³/mol. The van der Waals surface area contributed by atoms with E-state index in [0.717, 1.165) is 0 Å². The molecule has 102 valence electrons. The Morgan fingerprint density at radius 2 is 1.10 bits per heavy atom. The molecular formula is C14H8Cl2O4. The molecule has 0 amide bonds. The third kappa shape index (κ3) is 2.76. The molecule has 0 fully saturated rings. The molecular weight excluding hydrogens is 303 g/mol. The highest BCUT2D eigenvalue weighted by Gasteiger charge is 2.23. The van der Waals surface area contributed by atoms with E-state index in [1.54, 1.807) is 0 Å². The van der Waals surface area contributed by atoms with Crippen molar-refractivity contribution in [2.45, 2.75) is 0 Å². The molecule has 0 saturated carbocycles. The maximum Gasteiger partial charge on any atom is 0.235 e. The molecule has 0 atom stereocenters. The van der Waals surface area contributed by atoms with E-state index < -0.39 is 11.6 Å². The standard InChI is InChI=1S/C14H8Cl2O4/c15-11-5-7(17)1-3-9(11)13(19)14(20)10-4-2-8(18)6-12(10)16/h1-6,17-18H. The van der Waals surface area contributed by atoms with Crippen LogP contribution in [0.2, 0.25) is 10.0 Å². The van der Waals surface area contributed by atoms with Crippen molar-refractivity contribution in [3.8, 4) is 11.5 Å². The number of phenolic OH excluding ortho intramolecular Hbond substituents is 2. The van der Waals surface area contributed by atoms with Gasteiger partial charge in [-0.05, 0) is 36.4 Å². The molecule has 2 rings (SSSR count). The summed E-state index contributed by atoms with van der Waals surface area (Å²) >= 11 is 11.6. The average Bonchev–Trinajstić information content (AvgIpc) is 2.37. The number of phenols is 2. The molecule has 0 radical (unpaired) electrons. The minimum absolute atomic E-state index is 0.0291. The van der Waals surface area contributed by atoms with Crippen LogP contribution < -0.4 is 0 Å². The molecule has 0 aliphatic heterocycles. The van der Waals surface area contributed by atoms with Crippen molar-refractivity contribution in [2.75, 3.05) is 0 Å². The summed E-state index contributed by atoms with van der Waals surface area (Å²) in [5, 5.41) is 18.4. The first-order valence-electron chi connectivity index (χ1n) is 5.46. The molecule has 0 aliphatic carbocycles. The molecule has 0 heterocycles. The Balaban J connectivity index is 2.40. The molecule has 4 nitrogen and oxygen atoms in total. The van der Waals surface area contributed by atoms with E-state index in [2.05, 4.69) is 0 Å². The summed E-state index contributed by atoms with van der Waals surface area (Å²) in [6, 6.07) is 7.36. The van der Waals surface area contributed by atoms with E-state index in [-0.39, 0.29) is 32.7 Å². The first kappa shape index (κ1) is 14.4. The lowest BCUT2D eigenvalue weighted by atomic mass is 10.0. The van der Waals surface area contributed by atoms with Crippen molar-refractivity contribution in [3.63, 3.8) is 0 Å². The summed E-state index contributed by atoms with van der Waals surface area (Å²) in [6.07, 6.45) is 0. The summed E-state index contributed by atoms with van der Waals surface area (Å²) in [6.45, 7) is 0. The summed E-state index contributed by atoms with van der Waals surface area (Å²) in [4.78, 5) is 24.2. The van der Waals surface area contributed by atoms with E-state index >= 15 is 0 Å². The van der Waals surface area contributed by atoms with E-state index in [4.69, 9.17) is 23.2 Å². The van der Waals surface area contributed by atoms with E-state index in [0.29, 0.717) is 0 Å². The van der Waals surface area contributed by atoms with Crippen LogP contribution in [0.1, 0.15) is 20.7 Å². The third-order valence-electron chi connectivity index (χ3n) is 2.60. The molecule has 0 spiro atoms. The molecule has 0 bridgehead atoms. The van der Waals surface area contributed by atoms with Gasteiger partial charge in [-0.15, -0.1) is 0 Å². The Labute approximate surface area is 124 Å². The number of hydrogen-bond acceptors (Lipinski definition) is 4. The minimum atomic E-state index is -0.845. The summed E-state index contributed by atoms with van der Waals surface area (Å²) in [5.74, 6) is -1.91. The Morgan fingerprint density at radius 1 is 0.750 bits per heavy atom. The van der Waals surface area contributed by atoms with Gasteiger partial charge in [-0.3, -0.25) is 9.59 Å². The molecule has 0 unspecified atom stereocenters. The Bertz CT molecular complexity index is 649. The Morgan fingerprint density at radius 3 is 1.40 bits per heavy atom. The number of Topliss-reactive ketones (excluding diaryl/α,β-unsaturated/α-hetero) is 2. The van der Waals surface area contributed by atoms with Gasteiger partial charge in [0.15, 0.2) is 0 Å². The number of benzene rings is 2. The average molecular weight is 311 g/mol. The minimum Gasteiger partial charge on any atom is -0.508 e. The fourth-order valence-corrected chi connectivity index (χ4v) is 2.14. The molecule has 2 N–H and O–H groups in total. The first-order chi connectivity index (χ1) is 9.40. The molecule has 2 aromatic rings. The van der Waals surface area contributed by atoms with Gasteiger partial charge in [0, 0.05) is 11.1 Å². The second-order valence-corrected chi connectivity index (χ2v) is 4.80. The molecule has 0 aromatic heterocycles. The van der Waals surface area contributed by atoms with Gasteiger partial charge >= 0.3 is 0 Å². The summed E-state index contributed by atoms with van der Waals surface area (Å²) < 4.78 is 0. The first-order valence-corrected chi connectivity index (χ1v) is 6.22. The normalized spacial score (nSPS) is 10.3. The lowest BCUT2D eigenvalue weighted by Crippen LogP contribution is -2.15. The number of halogens is 2. The fraction of sp³-hybridized carbons (Fsp3) is 0. The molecule has 0 saturated heterocycles. The van der Waals surface area contributed by atoms with Crippen LogP contribution in [-0.4, -0.2) is 21.8 Å². The van der Waals surface area contributed by atoms with Crippen LogP contribution in [0.15, 0.2) is 36.4 Å². The van der Waals surface area contributed by atoms with E-state index in [9.17, 15) is 19.8 Å². The van der Waals surface area contributed by atoms with Crippen molar-refractivity contribution in [1.82, 2.24) is 0 Å². The van der Waals surface area contributed by atoms with Gasteiger partial charge in [-0.2, -0.15) is 0 Å². The van der Waals surface area contributed by atoms with Gasteiger partial charge in [0.1, 0.15) is 11.5 Å². The summed E-state index contributed by atoms with van der Waals surface area (Å²) in [5.41, 5.74) is -0.0581. The van der Waals surface area contributed by atoms with Gasteiger partial charge in [0.25, 0.3) is 0 Å². The zero-order chi connectivity index (χ0) is 14.9. The highest BCUT2D eigenvalue weighted by Crippen LogP contribution is 2.26. The number of ketones is 2. The Hall–Kier alpha value is -2.04. The summed E-state index contributed by atoms with van der Waals surface area (Å²) in [7, 11) is 0. The maximum atomic E-state index is 12.1. The second-order valence-electron chi connectivity index (χ2n) is 3.99. The third-order valence-corrected chi connectivity index (χ3v) is 3.23. The van der Waals surface area contributed by atoms with Crippen LogP contribution in [0.25, 0.3) is 0 Å². The van der Waals surface area contributed by atoms with Gasteiger partial charge in [-0.25, -0.2) is 0 Å². The quantitative estimate of drug-likeness (QED) is 0.672. The number of rotatable bonds is 3. The van der Waals surface area contributed by atoms with Crippen molar-refractivity contribution >= 4 is 34.8 Å². The SMILES string of the molecule is O=C(C(=O)c1ccc(O)cc1Cl)c1ccc(O)cc1Cl. The van der Waals surface area contributed by atoms with E-state index in [1.165, 1.54) is 36.4 Å². The van der Waals surface area contributed by atoms with E-state index in [1.807, 2.05) is 0 Å². The van der Waals surface area contributed by atoms with Crippen molar-refractivity contribution in [3.05, 3.63) is 57.6 Å².